The van der Waals surface area contributed by atoms with Crippen molar-refractivity contribution < 1.29 is 9.59 Å². The van der Waals surface area contributed by atoms with Gasteiger partial charge in [0, 0.05) is 17.1 Å². The highest BCUT2D eigenvalue weighted by Crippen LogP contribution is 2.29. The fourth-order valence-electron chi connectivity index (χ4n) is 2.79. The minimum absolute atomic E-state index is 0.0637. The lowest BCUT2D eigenvalue weighted by Crippen LogP contribution is -2.28. The van der Waals surface area contributed by atoms with E-state index in [0.29, 0.717) is 15.9 Å². The molecule has 0 bridgehead atoms. The highest BCUT2D eigenvalue weighted by molar-refractivity contribution is 8.15. The second-order valence-electron chi connectivity index (χ2n) is 6.42. The lowest BCUT2D eigenvalue weighted by atomic mass is 10.1. The van der Waals surface area contributed by atoms with E-state index < -0.39 is 5.25 Å². The molecule has 1 aliphatic rings. The van der Waals surface area contributed by atoms with Crippen LogP contribution in [0.1, 0.15) is 23.1 Å². The molecule has 2 N–H and O–H groups in total. The smallest absolute Gasteiger partial charge is 0.240 e. The van der Waals surface area contributed by atoms with E-state index in [9.17, 15) is 9.59 Å². The number of halogens is 1. The highest BCUT2D eigenvalue weighted by atomic mass is 35.5. The Kier molecular flexibility index (Phi) is 5.87. The second-order valence-corrected chi connectivity index (χ2v) is 8.02. The molecule has 0 unspecified atom stereocenters. The van der Waals surface area contributed by atoms with Gasteiger partial charge in [-0.2, -0.15) is 0 Å². The first-order valence-corrected chi connectivity index (χ1v) is 9.78. The Morgan fingerprint density at radius 1 is 1.19 bits per heavy atom. The van der Waals surface area contributed by atoms with Crippen molar-refractivity contribution in [2.75, 3.05) is 5.32 Å². The minimum Gasteiger partial charge on any atom is -0.326 e. The van der Waals surface area contributed by atoms with Gasteiger partial charge in [0.1, 0.15) is 5.25 Å². The number of aryl methyl sites for hydroxylation is 2. The molecule has 27 heavy (non-hydrogen) atoms. The topological polar surface area (TPSA) is 70.6 Å². The number of thioether (sulfide) groups is 1. The number of amidine groups is 1. The summed E-state index contributed by atoms with van der Waals surface area (Å²) in [6.45, 7) is 5.79. The zero-order valence-electron chi connectivity index (χ0n) is 15.3. The van der Waals surface area contributed by atoms with Crippen LogP contribution in [-0.4, -0.2) is 22.2 Å². The summed E-state index contributed by atoms with van der Waals surface area (Å²) in [6, 6.07) is 11.3. The molecular weight excluding hydrogens is 382 g/mol. The Balaban J connectivity index is 1.68. The van der Waals surface area contributed by atoms with Crippen LogP contribution in [0.4, 0.5) is 11.4 Å². The van der Waals surface area contributed by atoms with Gasteiger partial charge in [-0.05, 0) is 49.6 Å². The molecule has 140 valence electrons. The van der Waals surface area contributed by atoms with Gasteiger partial charge < -0.3 is 10.6 Å². The molecule has 0 radical (unpaired) electrons. The molecule has 2 amide bonds. The summed E-state index contributed by atoms with van der Waals surface area (Å²) < 4.78 is 0. The van der Waals surface area contributed by atoms with Crippen molar-refractivity contribution in [2.24, 2.45) is 4.99 Å². The van der Waals surface area contributed by atoms with Crippen LogP contribution >= 0.6 is 23.4 Å². The summed E-state index contributed by atoms with van der Waals surface area (Å²) in [5, 5.41) is 6.20. The van der Waals surface area contributed by atoms with E-state index in [0.717, 1.165) is 22.4 Å². The molecule has 1 atom stereocenters. The number of rotatable bonds is 4. The predicted molar refractivity (Wildman–Crippen MR) is 112 cm³/mol. The summed E-state index contributed by atoms with van der Waals surface area (Å²) in [6.07, 6.45) is 0.0637. The first-order chi connectivity index (χ1) is 12.8. The van der Waals surface area contributed by atoms with Gasteiger partial charge in [-0.15, -0.1) is 0 Å². The Bertz CT molecular complexity index is 923. The maximum Gasteiger partial charge on any atom is 0.240 e. The quantitative estimate of drug-likeness (QED) is 0.791. The van der Waals surface area contributed by atoms with Gasteiger partial charge >= 0.3 is 0 Å². The Morgan fingerprint density at radius 3 is 2.56 bits per heavy atom. The summed E-state index contributed by atoms with van der Waals surface area (Å²) in [5.41, 5.74) is 4.37. The number of carbonyl (C=O) groups excluding carboxylic acids is 2. The van der Waals surface area contributed by atoms with Crippen LogP contribution in [0.2, 0.25) is 5.02 Å². The Labute approximate surface area is 167 Å². The van der Waals surface area contributed by atoms with Crippen LogP contribution in [0, 0.1) is 20.8 Å². The van der Waals surface area contributed by atoms with Gasteiger partial charge in [0.2, 0.25) is 11.8 Å². The fourth-order valence-corrected chi connectivity index (χ4v) is 3.94. The van der Waals surface area contributed by atoms with Gasteiger partial charge in [0.05, 0.1) is 5.69 Å². The van der Waals surface area contributed by atoms with Gasteiger partial charge in [-0.25, -0.2) is 4.99 Å². The van der Waals surface area contributed by atoms with Crippen molar-refractivity contribution in [2.45, 2.75) is 32.4 Å². The highest BCUT2D eigenvalue weighted by Gasteiger charge is 2.32. The van der Waals surface area contributed by atoms with Crippen LogP contribution < -0.4 is 10.6 Å². The number of hydrogen-bond donors (Lipinski definition) is 2. The molecule has 7 heteroatoms. The molecule has 0 aliphatic carbocycles. The molecule has 0 saturated carbocycles. The van der Waals surface area contributed by atoms with E-state index in [4.69, 9.17) is 11.6 Å². The monoisotopic (exact) mass is 401 g/mol. The van der Waals surface area contributed by atoms with E-state index >= 15 is 0 Å². The van der Waals surface area contributed by atoms with E-state index in [1.807, 2.05) is 39.0 Å². The molecule has 0 spiro atoms. The van der Waals surface area contributed by atoms with Gasteiger partial charge in [0.25, 0.3) is 0 Å². The number of carbonyl (C=O) groups is 2. The average Bonchev–Trinajstić information content (AvgIpc) is 2.95. The van der Waals surface area contributed by atoms with Crippen molar-refractivity contribution >= 4 is 51.7 Å². The SMILES string of the molecule is Cc1cccc(C)c1N=C1NC(=O)[C@@H](CC(=O)Nc2cccc(Cl)c2C)S1. The van der Waals surface area contributed by atoms with Crippen LogP contribution in [0.3, 0.4) is 0 Å². The van der Waals surface area contributed by atoms with E-state index in [1.54, 1.807) is 18.2 Å². The van der Waals surface area contributed by atoms with Crippen molar-refractivity contribution in [1.82, 2.24) is 5.32 Å². The normalized spacial score (nSPS) is 17.9. The van der Waals surface area contributed by atoms with Crippen LogP contribution in [-0.2, 0) is 9.59 Å². The van der Waals surface area contributed by atoms with Crippen LogP contribution in [0.15, 0.2) is 41.4 Å². The van der Waals surface area contributed by atoms with Crippen molar-refractivity contribution in [3.63, 3.8) is 0 Å². The summed E-state index contributed by atoms with van der Waals surface area (Å²) in [4.78, 5) is 29.2. The number of benzene rings is 2. The molecule has 1 saturated heterocycles. The molecule has 1 aliphatic heterocycles. The van der Waals surface area contributed by atoms with E-state index in [-0.39, 0.29) is 18.2 Å². The lowest BCUT2D eigenvalue weighted by molar-refractivity contribution is -0.122. The number of nitrogens with zero attached hydrogens (tertiary/aromatic N) is 1. The first kappa shape index (κ1) is 19.5. The third-order valence-corrected chi connectivity index (χ3v) is 5.83. The van der Waals surface area contributed by atoms with Gasteiger partial charge in [0.15, 0.2) is 5.17 Å². The number of aliphatic imine (C=N–C) groups is 1. The number of hydrogen-bond acceptors (Lipinski definition) is 4. The third-order valence-electron chi connectivity index (χ3n) is 4.34. The van der Waals surface area contributed by atoms with Crippen LogP contribution in [0.5, 0.6) is 0 Å². The van der Waals surface area contributed by atoms with Crippen molar-refractivity contribution in [3.05, 3.63) is 58.1 Å². The maximum absolute atomic E-state index is 12.4. The number of anilines is 1. The molecule has 3 rings (SSSR count). The number of para-hydroxylation sites is 1. The molecule has 1 heterocycles. The molecule has 2 aromatic carbocycles. The largest absolute Gasteiger partial charge is 0.326 e. The molecule has 0 aromatic heterocycles. The lowest BCUT2D eigenvalue weighted by Gasteiger charge is -2.10. The molecule has 5 nitrogen and oxygen atoms in total. The zero-order chi connectivity index (χ0) is 19.6. The number of nitrogens with one attached hydrogen (secondary N) is 2. The average molecular weight is 402 g/mol. The van der Waals surface area contributed by atoms with Gasteiger partial charge in [-0.1, -0.05) is 47.6 Å². The van der Waals surface area contributed by atoms with Crippen molar-refractivity contribution in [3.8, 4) is 0 Å². The first-order valence-electron chi connectivity index (χ1n) is 8.52. The number of amides is 2. The Hall–Kier alpha value is -2.31. The second kappa shape index (κ2) is 8.15. The van der Waals surface area contributed by atoms with Gasteiger partial charge in [-0.3, -0.25) is 9.59 Å². The third kappa shape index (κ3) is 4.51. The van der Waals surface area contributed by atoms with E-state index in [1.165, 1.54) is 11.8 Å². The summed E-state index contributed by atoms with van der Waals surface area (Å²) in [7, 11) is 0. The van der Waals surface area contributed by atoms with Crippen LogP contribution in [0.25, 0.3) is 0 Å². The standard InChI is InChI=1S/C20H20ClN3O2S/c1-11-6-4-7-12(2)18(11)23-20-24-19(26)16(27-20)10-17(25)22-15-9-5-8-14(21)13(15)3/h4-9,16H,10H2,1-3H3,(H,22,25)(H,23,24,26)/t16-/m1/s1. The fraction of sp³-hybridized carbons (Fsp3) is 0.250. The summed E-state index contributed by atoms with van der Waals surface area (Å²) >= 11 is 7.36. The Morgan fingerprint density at radius 2 is 1.85 bits per heavy atom. The predicted octanol–water partition coefficient (Wildman–Crippen LogP) is 4.51. The maximum atomic E-state index is 12.4. The van der Waals surface area contributed by atoms with Crippen molar-refractivity contribution in [1.29, 1.82) is 0 Å². The summed E-state index contributed by atoms with van der Waals surface area (Å²) in [5.74, 6) is -0.440. The molecule has 2 aromatic rings. The van der Waals surface area contributed by atoms with E-state index in [2.05, 4.69) is 15.6 Å². The minimum atomic E-state index is -0.507. The molecular formula is C20H20ClN3O2S. The molecule has 1 fully saturated rings. The zero-order valence-corrected chi connectivity index (χ0v) is 16.9.